The van der Waals surface area contributed by atoms with Crippen LogP contribution in [0.5, 0.6) is 0 Å². The van der Waals surface area contributed by atoms with E-state index in [2.05, 4.69) is 10.9 Å². The monoisotopic (exact) mass is 261 g/mol. The maximum atomic E-state index is 12.4. The van der Waals surface area contributed by atoms with Gasteiger partial charge in [-0.25, -0.2) is 0 Å². The van der Waals surface area contributed by atoms with Crippen LogP contribution < -0.4 is 0 Å². The van der Waals surface area contributed by atoms with E-state index >= 15 is 0 Å². The molecule has 0 saturated carbocycles. The summed E-state index contributed by atoms with van der Waals surface area (Å²) in [4.78, 5) is 3.82. The van der Waals surface area contributed by atoms with Gasteiger partial charge in [0.2, 0.25) is 0 Å². The number of benzene rings is 1. The molecule has 1 heterocycles. The van der Waals surface area contributed by atoms with Crippen molar-refractivity contribution < 1.29 is 13.2 Å². The number of halogens is 3. The average Bonchev–Trinajstić information content (AvgIpc) is 2.39. The van der Waals surface area contributed by atoms with Crippen LogP contribution >= 0.6 is 0 Å². The highest BCUT2D eigenvalue weighted by Gasteiger charge is 2.30. The van der Waals surface area contributed by atoms with E-state index in [9.17, 15) is 13.2 Å². The molecule has 0 atom stereocenters. The summed E-state index contributed by atoms with van der Waals surface area (Å²) in [6, 6.07) is 9.69. The van der Waals surface area contributed by atoms with Crippen LogP contribution in [0, 0.1) is 12.3 Å². The standard InChI is InChI=1S/C15H10F3N/c1-2-11-3-5-12(6-4-11)9-14-8-7-13(10-19-14)15(16,17)18/h1,3-8,10H,9H2. The van der Waals surface area contributed by atoms with Crippen molar-refractivity contribution in [2.75, 3.05) is 0 Å². The lowest BCUT2D eigenvalue weighted by atomic mass is 10.1. The van der Waals surface area contributed by atoms with Crippen molar-refractivity contribution in [3.05, 3.63) is 65.0 Å². The van der Waals surface area contributed by atoms with Gasteiger partial charge in [-0.3, -0.25) is 4.98 Å². The Bertz CT molecular complexity index is 589. The molecular weight excluding hydrogens is 251 g/mol. The highest BCUT2D eigenvalue weighted by Crippen LogP contribution is 2.28. The second-order valence-electron chi connectivity index (χ2n) is 4.05. The molecule has 0 aliphatic heterocycles. The predicted molar refractivity (Wildman–Crippen MR) is 66.4 cm³/mol. The summed E-state index contributed by atoms with van der Waals surface area (Å²) in [6.07, 6.45) is 2.22. The normalized spacial score (nSPS) is 11.1. The van der Waals surface area contributed by atoms with Crippen molar-refractivity contribution >= 4 is 0 Å². The Labute approximate surface area is 109 Å². The first-order valence-electron chi connectivity index (χ1n) is 5.57. The van der Waals surface area contributed by atoms with Gasteiger partial charge in [0.05, 0.1) is 5.56 Å². The smallest absolute Gasteiger partial charge is 0.260 e. The van der Waals surface area contributed by atoms with E-state index in [0.717, 1.165) is 23.4 Å². The van der Waals surface area contributed by atoms with Gasteiger partial charge in [-0.15, -0.1) is 6.42 Å². The fraction of sp³-hybridized carbons (Fsp3) is 0.133. The van der Waals surface area contributed by atoms with Gasteiger partial charge >= 0.3 is 6.18 Å². The first-order valence-corrected chi connectivity index (χ1v) is 5.57. The molecule has 96 valence electrons. The molecule has 1 nitrogen and oxygen atoms in total. The molecule has 19 heavy (non-hydrogen) atoms. The van der Waals surface area contributed by atoms with Crippen molar-refractivity contribution in [1.82, 2.24) is 4.98 Å². The molecule has 0 spiro atoms. The zero-order valence-electron chi connectivity index (χ0n) is 9.91. The molecule has 0 saturated heterocycles. The minimum Gasteiger partial charge on any atom is -0.260 e. The largest absolute Gasteiger partial charge is 0.417 e. The molecule has 1 aromatic heterocycles. The van der Waals surface area contributed by atoms with Gasteiger partial charge in [-0.05, 0) is 29.8 Å². The zero-order valence-corrected chi connectivity index (χ0v) is 9.91. The van der Waals surface area contributed by atoms with Gasteiger partial charge in [0.25, 0.3) is 0 Å². The van der Waals surface area contributed by atoms with Crippen LogP contribution in [0.1, 0.15) is 22.4 Å². The lowest BCUT2D eigenvalue weighted by Gasteiger charge is -2.07. The van der Waals surface area contributed by atoms with E-state index < -0.39 is 11.7 Å². The first-order chi connectivity index (χ1) is 8.99. The maximum absolute atomic E-state index is 12.4. The van der Waals surface area contributed by atoms with Crippen LogP contribution in [0.25, 0.3) is 0 Å². The summed E-state index contributed by atoms with van der Waals surface area (Å²) in [5.41, 5.74) is 1.57. The van der Waals surface area contributed by atoms with Crippen molar-refractivity contribution in [2.24, 2.45) is 0 Å². The molecule has 0 fully saturated rings. The second kappa shape index (κ2) is 5.15. The number of pyridine rings is 1. The molecule has 0 radical (unpaired) electrons. The van der Waals surface area contributed by atoms with Gasteiger partial charge in [-0.1, -0.05) is 18.1 Å². The number of hydrogen-bond acceptors (Lipinski definition) is 1. The molecule has 0 aliphatic carbocycles. The van der Waals surface area contributed by atoms with Crippen LogP contribution in [0.2, 0.25) is 0 Å². The maximum Gasteiger partial charge on any atom is 0.417 e. The van der Waals surface area contributed by atoms with Gasteiger partial charge < -0.3 is 0 Å². The SMILES string of the molecule is C#Cc1ccc(Cc2ccc(C(F)(F)F)cn2)cc1. The minimum absolute atomic E-state index is 0.475. The molecule has 0 bridgehead atoms. The highest BCUT2D eigenvalue weighted by atomic mass is 19.4. The van der Waals surface area contributed by atoms with E-state index in [4.69, 9.17) is 6.42 Å². The highest BCUT2D eigenvalue weighted by molar-refractivity contribution is 5.35. The summed E-state index contributed by atoms with van der Waals surface area (Å²) >= 11 is 0. The number of nitrogens with zero attached hydrogens (tertiary/aromatic N) is 1. The fourth-order valence-electron chi connectivity index (χ4n) is 1.62. The summed E-state index contributed by atoms with van der Waals surface area (Å²) in [7, 11) is 0. The lowest BCUT2D eigenvalue weighted by molar-refractivity contribution is -0.137. The van der Waals surface area contributed by atoms with Crippen molar-refractivity contribution in [2.45, 2.75) is 12.6 Å². The van der Waals surface area contributed by atoms with Crippen molar-refractivity contribution in [1.29, 1.82) is 0 Å². The quantitative estimate of drug-likeness (QED) is 0.751. The molecular formula is C15H10F3N. The Morgan fingerprint density at radius 1 is 1.05 bits per heavy atom. The number of hydrogen-bond donors (Lipinski definition) is 0. The molecule has 0 amide bonds. The van der Waals surface area contributed by atoms with E-state index in [1.807, 2.05) is 12.1 Å². The summed E-state index contributed by atoms with van der Waals surface area (Å²) in [5.74, 6) is 2.50. The first kappa shape index (κ1) is 13.2. The summed E-state index contributed by atoms with van der Waals surface area (Å²) < 4.78 is 37.1. The van der Waals surface area contributed by atoms with Crippen molar-refractivity contribution in [3.8, 4) is 12.3 Å². The topological polar surface area (TPSA) is 12.9 Å². The summed E-state index contributed by atoms with van der Waals surface area (Å²) in [5, 5.41) is 0. The molecule has 2 aromatic rings. The molecule has 1 aromatic carbocycles. The van der Waals surface area contributed by atoms with Gasteiger partial charge in [0.1, 0.15) is 0 Å². The predicted octanol–water partition coefficient (Wildman–Crippen LogP) is 3.67. The second-order valence-corrected chi connectivity index (χ2v) is 4.05. The van der Waals surface area contributed by atoms with Crippen LogP contribution in [-0.2, 0) is 12.6 Å². The van der Waals surface area contributed by atoms with Crippen LogP contribution in [-0.4, -0.2) is 4.98 Å². The van der Waals surface area contributed by atoms with E-state index in [1.54, 1.807) is 12.1 Å². The average molecular weight is 261 g/mol. The zero-order chi connectivity index (χ0) is 13.9. The van der Waals surface area contributed by atoms with E-state index in [0.29, 0.717) is 12.1 Å². The number of alkyl halides is 3. The molecule has 0 N–H and O–H groups in total. The fourth-order valence-corrected chi connectivity index (χ4v) is 1.62. The third-order valence-corrected chi connectivity index (χ3v) is 2.66. The minimum atomic E-state index is -4.35. The Morgan fingerprint density at radius 2 is 1.74 bits per heavy atom. The van der Waals surface area contributed by atoms with E-state index in [1.165, 1.54) is 6.07 Å². The molecule has 4 heteroatoms. The number of rotatable bonds is 2. The van der Waals surface area contributed by atoms with E-state index in [-0.39, 0.29) is 0 Å². The van der Waals surface area contributed by atoms with Crippen LogP contribution in [0.15, 0.2) is 42.6 Å². The third-order valence-electron chi connectivity index (χ3n) is 2.66. The lowest BCUT2D eigenvalue weighted by Crippen LogP contribution is -2.06. The van der Waals surface area contributed by atoms with Crippen molar-refractivity contribution in [3.63, 3.8) is 0 Å². The number of aromatic nitrogens is 1. The molecule has 0 aliphatic rings. The van der Waals surface area contributed by atoms with Crippen LogP contribution in [0.3, 0.4) is 0 Å². The number of terminal acetylenes is 1. The Balaban J connectivity index is 2.13. The van der Waals surface area contributed by atoms with Gasteiger partial charge in [-0.2, -0.15) is 13.2 Å². The molecule has 2 rings (SSSR count). The van der Waals surface area contributed by atoms with Crippen LogP contribution in [0.4, 0.5) is 13.2 Å². The van der Waals surface area contributed by atoms with Gasteiger partial charge in [0, 0.05) is 23.9 Å². The Kier molecular flexibility index (Phi) is 3.57. The summed E-state index contributed by atoms with van der Waals surface area (Å²) in [6.45, 7) is 0. The Hall–Kier alpha value is -2.28. The molecule has 0 unspecified atom stereocenters. The van der Waals surface area contributed by atoms with Gasteiger partial charge in [0.15, 0.2) is 0 Å². The Morgan fingerprint density at radius 3 is 2.21 bits per heavy atom. The third kappa shape index (κ3) is 3.35.